The third-order valence-electron chi connectivity index (χ3n) is 3.90. The fraction of sp³-hybridized carbons (Fsp3) is 0.529. The Labute approximate surface area is 164 Å². The first-order valence-electron chi connectivity index (χ1n) is 8.59. The van der Waals surface area contributed by atoms with Gasteiger partial charge in [0, 0.05) is 31.1 Å². The monoisotopic (exact) mass is 418 g/mol. The van der Waals surface area contributed by atoms with Gasteiger partial charge in [-0.3, -0.25) is 9.48 Å². The van der Waals surface area contributed by atoms with Crippen LogP contribution in [0, 0.1) is 6.92 Å². The zero-order valence-electron chi connectivity index (χ0n) is 15.7. The Hall–Kier alpha value is -2.43. The van der Waals surface area contributed by atoms with Crippen LogP contribution >= 0.6 is 11.3 Å². The molecule has 0 saturated heterocycles. The van der Waals surface area contributed by atoms with E-state index in [1.54, 1.807) is 19.4 Å². The number of carbonyl (C=O) groups excluding carboxylic acids is 2. The summed E-state index contributed by atoms with van der Waals surface area (Å²) in [6, 6.07) is 0.914. The number of hydrogen-bond acceptors (Lipinski definition) is 6. The van der Waals surface area contributed by atoms with Gasteiger partial charge in [-0.05, 0) is 26.3 Å². The third kappa shape index (κ3) is 5.78. The summed E-state index contributed by atoms with van der Waals surface area (Å²) in [6.07, 6.45) is -3.37. The fourth-order valence-corrected chi connectivity index (χ4v) is 3.18. The SMILES string of the molecule is CCOC(=O)c1csc(CCCN(C)C(=O)Cn2nc(C(F)(F)F)cc2C)n1. The Morgan fingerprint density at radius 2 is 2.07 bits per heavy atom. The number of esters is 1. The highest BCUT2D eigenvalue weighted by molar-refractivity contribution is 7.09. The molecule has 154 valence electrons. The molecule has 0 aromatic carbocycles. The van der Waals surface area contributed by atoms with E-state index in [-0.39, 0.29) is 30.4 Å². The molecule has 0 spiro atoms. The Kier molecular flexibility index (Phi) is 7.17. The zero-order valence-corrected chi connectivity index (χ0v) is 16.6. The smallest absolute Gasteiger partial charge is 0.435 e. The molecule has 0 radical (unpaired) electrons. The molecule has 2 aromatic heterocycles. The fourth-order valence-electron chi connectivity index (χ4n) is 2.37. The topological polar surface area (TPSA) is 77.3 Å². The van der Waals surface area contributed by atoms with Crippen molar-refractivity contribution in [2.24, 2.45) is 0 Å². The summed E-state index contributed by atoms with van der Waals surface area (Å²) >= 11 is 1.34. The number of amides is 1. The minimum Gasteiger partial charge on any atom is -0.461 e. The van der Waals surface area contributed by atoms with E-state index in [0.717, 1.165) is 15.8 Å². The van der Waals surface area contributed by atoms with E-state index >= 15 is 0 Å². The molecule has 1 amide bonds. The van der Waals surface area contributed by atoms with Gasteiger partial charge >= 0.3 is 12.1 Å². The highest BCUT2D eigenvalue weighted by Gasteiger charge is 2.34. The van der Waals surface area contributed by atoms with E-state index in [9.17, 15) is 22.8 Å². The largest absolute Gasteiger partial charge is 0.461 e. The molecule has 0 aliphatic heterocycles. The quantitative estimate of drug-likeness (QED) is 0.616. The second-order valence-corrected chi connectivity index (χ2v) is 7.03. The van der Waals surface area contributed by atoms with Gasteiger partial charge in [-0.25, -0.2) is 9.78 Å². The normalized spacial score (nSPS) is 11.5. The molecule has 0 N–H and O–H groups in total. The van der Waals surface area contributed by atoms with Crippen LogP contribution in [-0.4, -0.2) is 51.7 Å². The molecule has 0 aliphatic rings. The van der Waals surface area contributed by atoms with Crippen molar-refractivity contribution < 1.29 is 27.5 Å². The van der Waals surface area contributed by atoms with Gasteiger partial charge in [0.15, 0.2) is 11.4 Å². The number of hydrogen-bond donors (Lipinski definition) is 0. The van der Waals surface area contributed by atoms with Crippen LogP contribution in [0.1, 0.15) is 40.2 Å². The van der Waals surface area contributed by atoms with Crippen molar-refractivity contribution in [3.63, 3.8) is 0 Å². The van der Waals surface area contributed by atoms with Gasteiger partial charge in [0.05, 0.1) is 11.6 Å². The lowest BCUT2D eigenvalue weighted by atomic mass is 10.3. The average Bonchev–Trinajstić information content (AvgIpc) is 3.22. The molecule has 28 heavy (non-hydrogen) atoms. The predicted molar refractivity (Wildman–Crippen MR) is 96.0 cm³/mol. The molecule has 2 rings (SSSR count). The van der Waals surface area contributed by atoms with Crippen LogP contribution in [-0.2, 0) is 28.7 Å². The van der Waals surface area contributed by atoms with Crippen LogP contribution < -0.4 is 0 Å². The third-order valence-corrected chi connectivity index (χ3v) is 4.81. The molecule has 0 unspecified atom stereocenters. The van der Waals surface area contributed by atoms with Gasteiger partial charge in [-0.15, -0.1) is 11.3 Å². The van der Waals surface area contributed by atoms with Gasteiger partial charge in [-0.1, -0.05) is 0 Å². The summed E-state index contributed by atoms with van der Waals surface area (Å²) < 4.78 is 44.0. The maximum atomic E-state index is 12.7. The van der Waals surface area contributed by atoms with E-state index in [4.69, 9.17) is 4.74 Å². The van der Waals surface area contributed by atoms with Crippen molar-refractivity contribution in [3.05, 3.63) is 33.5 Å². The standard InChI is InChI=1S/C17H21F3N4O3S/c1-4-27-16(26)12-10-28-14(21-12)6-5-7-23(3)15(25)9-24-11(2)8-13(22-24)17(18,19)20/h8,10H,4-7,9H2,1-3H3. The van der Waals surface area contributed by atoms with Gasteiger partial charge < -0.3 is 9.64 Å². The first-order chi connectivity index (χ1) is 13.1. The molecule has 7 nitrogen and oxygen atoms in total. The maximum Gasteiger partial charge on any atom is 0.435 e. The number of aromatic nitrogens is 3. The molecule has 11 heteroatoms. The zero-order chi connectivity index (χ0) is 20.9. The van der Waals surface area contributed by atoms with Crippen LogP contribution in [0.15, 0.2) is 11.4 Å². The molecular weight excluding hydrogens is 397 g/mol. The molecule has 0 fully saturated rings. The number of nitrogens with zero attached hydrogens (tertiary/aromatic N) is 4. The second kappa shape index (κ2) is 9.18. The first-order valence-corrected chi connectivity index (χ1v) is 9.47. The van der Waals surface area contributed by atoms with Crippen LogP contribution in [0.4, 0.5) is 13.2 Å². The van der Waals surface area contributed by atoms with E-state index < -0.39 is 17.8 Å². The summed E-state index contributed by atoms with van der Waals surface area (Å²) in [7, 11) is 1.58. The average molecular weight is 418 g/mol. The van der Waals surface area contributed by atoms with Crippen LogP contribution in [0.3, 0.4) is 0 Å². The van der Waals surface area contributed by atoms with Crippen LogP contribution in [0.25, 0.3) is 0 Å². The number of rotatable bonds is 8. The lowest BCUT2D eigenvalue weighted by Gasteiger charge is -2.17. The van der Waals surface area contributed by atoms with Crippen molar-refractivity contribution >= 4 is 23.2 Å². The minimum atomic E-state index is -4.54. The number of likely N-dealkylation sites (N-methyl/N-ethyl adjacent to an activating group) is 1. The first kappa shape index (κ1) is 21.9. The summed E-state index contributed by atoms with van der Waals surface area (Å²) in [5.41, 5.74) is -0.481. The van der Waals surface area contributed by atoms with Gasteiger partial charge in [0.2, 0.25) is 5.91 Å². The van der Waals surface area contributed by atoms with E-state index in [1.807, 2.05) is 0 Å². The van der Waals surface area contributed by atoms with Crippen molar-refractivity contribution in [2.45, 2.75) is 39.4 Å². The van der Waals surface area contributed by atoms with Gasteiger partial charge in [0.25, 0.3) is 0 Å². The molecule has 0 saturated carbocycles. The van der Waals surface area contributed by atoms with Crippen molar-refractivity contribution in [3.8, 4) is 0 Å². The number of halogens is 3. The number of alkyl halides is 3. The molecule has 0 aliphatic carbocycles. The number of ether oxygens (including phenoxy) is 1. The minimum absolute atomic E-state index is 0.261. The summed E-state index contributed by atoms with van der Waals surface area (Å²) in [6.45, 7) is 3.60. The molecule has 0 atom stereocenters. The highest BCUT2D eigenvalue weighted by atomic mass is 32.1. The van der Waals surface area contributed by atoms with Crippen molar-refractivity contribution in [1.29, 1.82) is 0 Å². The van der Waals surface area contributed by atoms with Gasteiger partial charge in [-0.2, -0.15) is 18.3 Å². The molecule has 0 bridgehead atoms. The maximum absolute atomic E-state index is 12.7. The van der Waals surface area contributed by atoms with E-state index in [2.05, 4.69) is 10.1 Å². The summed E-state index contributed by atoms with van der Waals surface area (Å²) in [5, 5.41) is 5.84. The van der Waals surface area contributed by atoms with Gasteiger partial charge in [0.1, 0.15) is 6.54 Å². The Morgan fingerprint density at radius 3 is 2.68 bits per heavy atom. The number of thiazole rings is 1. The lowest BCUT2D eigenvalue weighted by Crippen LogP contribution is -2.32. The predicted octanol–water partition coefficient (Wildman–Crippen LogP) is 2.93. The summed E-state index contributed by atoms with van der Waals surface area (Å²) in [4.78, 5) is 29.5. The second-order valence-electron chi connectivity index (χ2n) is 6.09. The number of aryl methyl sites for hydroxylation is 2. The molecule has 2 heterocycles. The van der Waals surface area contributed by atoms with Crippen molar-refractivity contribution in [1.82, 2.24) is 19.7 Å². The van der Waals surface area contributed by atoms with Crippen LogP contribution in [0.5, 0.6) is 0 Å². The Bertz CT molecular complexity index is 832. The van der Waals surface area contributed by atoms with E-state index in [0.29, 0.717) is 19.4 Å². The van der Waals surface area contributed by atoms with Crippen LogP contribution in [0.2, 0.25) is 0 Å². The Balaban J connectivity index is 1.83. The highest BCUT2D eigenvalue weighted by Crippen LogP contribution is 2.28. The summed E-state index contributed by atoms with van der Waals surface area (Å²) in [5.74, 6) is -0.809. The van der Waals surface area contributed by atoms with Crippen molar-refractivity contribution in [2.75, 3.05) is 20.2 Å². The number of carbonyl (C=O) groups is 2. The molecular formula is C17H21F3N4O3S. The lowest BCUT2D eigenvalue weighted by molar-refractivity contribution is -0.142. The Morgan fingerprint density at radius 1 is 1.36 bits per heavy atom. The molecule has 2 aromatic rings. The van der Waals surface area contributed by atoms with E-state index in [1.165, 1.54) is 23.2 Å².